The molecule has 0 nitrogen and oxygen atoms in total. The summed E-state index contributed by atoms with van der Waals surface area (Å²) in [6.07, 6.45) is -2.20. The van der Waals surface area contributed by atoms with Crippen LogP contribution in [0, 0.1) is 0 Å². The van der Waals surface area contributed by atoms with Crippen LogP contribution >= 0.6 is 22.2 Å². The smallest absolute Gasteiger partial charge is 0.144 e. The average Bonchev–Trinajstić information content (AvgIpc) is 2.04. The van der Waals surface area contributed by atoms with Crippen molar-refractivity contribution in [2.45, 2.75) is 19.6 Å². The van der Waals surface area contributed by atoms with Crippen molar-refractivity contribution in [3.8, 4) is 0 Å². The maximum absolute atomic E-state index is 6.50. The lowest BCUT2D eigenvalue weighted by Gasteiger charge is -2.29. The molecule has 1 aromatic rings. The molecule has 0 unspecified atom stereocenters. The number of halogens is 2. The predicted molar refractivity (Wildman–Crippen MR) is 66.9 cm³/mol. The highest BCUT2D eigenvalue weighted by Gasteiger charge is 2.44. The summed E-state index contributed by atoms with van der Waals surface area (Å²) in [5, 5.41) is 1.15. The van der Waals surface area contributed by atoms with Gasteiger partial charge in [-0.1, -0.05) is 50.0 Å². The number of hydrogen-bond donors (Lipinski definition) is 0. The monoisotopic (exact) mass is 248 g/mol. The van der Waals surface area contributed by atoms with Crippen LogP contribution in [0.25, 0.3) is 0 Å². The molecular formula is C9H14Cl2Si2. The quantitative estimate of drug-likeness (QED) is 0.557. The van der Waals surface area contributed by atoms with Crippen LogP contribution in [0.15, 0.2) is 30.3 Å². The maximum atomic E-state index is 6.50. The van der Waals surface area contributed by atoms with E-state index in [9.17, 15) is 0 Å². The molecule has 0 aliphatic heterocycles. The predicted octanol–water partition coefficient (Wildman–Crippen LogP) is 3.23. The second-order valence-electron chi connectivity index (χ2n) is 4.19. The largest absolute Gasteiger partial charge is 0.266 e. The minimum absolute atomic E-state index is 1.15. The van der Waals surface area contributed by atoms with Crippen molar-refractivity contribution < 1.29 is 0 Å². The van der Waals surface area contributed by atoms with Crippen molar-refractivity contribution in [3.63, 3.8) is 0 Å². The summed E-state index contributed by atoms with van der Waals surface area (Å²) in [5.41, 5.74) is 0. The van der Waals surface area contributed by atoms with Crippen LogP contribution in [0.3, 0.4) is 0 Å². The van der Waals surface area contributed by atoms with Crippen molar-refractivity contribution in [2.24, 2.45) is 0 Å². The SMILES string of the molecule is C[Si](C)(C)[Si](Cl)(Cl)c1ccccc1. The summed E-state index contributed by atoms with van der Waals surface area (Å²) < 4.78 is 0. The van der Waals surface area contributed by atoms with E-state index in [0.717, 1.165) is 5.19 Å². The Labute approximate surface area is 91.1 Å². The Morgan fingerprint density at radius 2 is 1.38 bits per heavy atom. The van der Waals surface area contributed by atoms with Crippen molar-refractivity contribution in [1.82, 2.24) is 0 Å². The van der Waals surface area contributed by atoms with E-state index in [1.807, 2.05) is 30.3 Å². The fraction of sp³-hybridized carbons (Fsp3) is 0.333. The van der Waals surface area contributed by atoms with Gasteiger partial charge in [-0.2, -0.15) is 0 Å². The Morgan fingerprint density at radius 3 is 1.77 bits per heavy atom. The van der Waals surface area contributed by atoms with Gasteiger partial charge in [0.05, 0.1) is 7.59 Å². The zero-order valence-electron chi connectivity index (χ0n) is 8.14. The van der Waals surface area contributed by atoms with Crippen LogP contribution in [0.1, 0.15) is 0 Å². The third-order valence-corrected chi connectivity index (χ3v) is 23.1. The van der Waals surface area contributed by atoms with Gasteiger partial charge < -0.3 is 0 Å². The van der Waals surface area contributed by atoms with Gasteiger partial charge in [0.15, 0.2) is 0 Å². The van der Waals surface area contributed by atoms with Gasteiger partial charge in [0.2, 0.25) is 0 Å². The van der Waals surface area contributed by atoms with E-state index in [2.05, 4.69) is 19.6 Å². The average molecular weight is 249 g/mol. The molecule has 1 rings (SSSR count). The van der Waals surface area contributed by atoms with Gasteiger partial charge in [-0.15, -0.1) is 22.2 Å². The summed E-state index contributed by atoms with van der Waals surface area (Å²) in [5.74, 6) is 0. The van der Waals surface area contributed by atoms with Crippen LogP contribution in [0.5, 0.6) is 0 Å². The van der Waals surface area contributed by atoms with Gasteiger partial charge in [0, 0.05) is 0 Å². The van der Waals surface area contributed by atoms with Crippen molar-refractivity contribution in [2.75, 3.05) is 0 Å². The van der Waals surface area contributed by atoms with Crippen LogP contribution in [0.2, 0.25) is 19.6 Å². The molecule has 4 heteroatoms. The normalized spacial score (nSPS) is 13.0. The van der Waals surface area contributed by atoms with Gasteiger partial charge in [-0.05, 0) is 5.19 Å². The molecule has 0 saturated carbocycles. The van der Waals surface area contributed by atoms with Gasteiger partial charge in [-0.25, -0.2) is 0 Å². The van der Waals surface area contributed by atoms with Gasteiger partial charge in [0.1, 0.15) is 0 Å². The van der Waals surface area contributed by atoms with Gasteiger partial charge >= 0.3 is 0 Å². The van der Waals surface area contributed by atoms with Crippen molar-refractivity contribution in [1.29, 1.82) is 0 Å². The molecule has 0 atom stereocenters. The highest BCUT2D eigenvalue weighted by molar-refractivity contribution is 7.78. The van der Waals surface area contributed by atoms with Crippen molar-refractivity contribution in [3.05, 3.63) is 30.3 Å². The standard InChI is InChI=1S/C9H14Cl2Si2/c1-12(2,3)13(10,11)9-7-5-4-6-8-9/h4-8H,1-3H3. The topological polar surface area (TPSA) is 0 Å². The molecule has 0 radical (unpaired) electrons. The number of hydrogen-bond acceptors (Lipinski definition) is 0. The molecule has 0 aliphatic carbocycles. The summed E-state index contributed by atoms with van der Waals surface area (Å²) >= 11 is 13.0. The second kappa shape index (κ2) is 3.77. The fourth-order valence-corrected chi connectivity index (χ4v) is 6.41. The molecule has 0 N–H and O–H groups in total. The van der Waals surface area contributed by atoms with E-state index in [-0.39, 0.29) is 0 Å². The Hall–Kier alpha value is 0.234. The molecular weight excluding hydrogens is 235 g/mol. The molecule has 0 aromatic heterocycles. The van der Waals surface area contributed by atoms with Crippen molar-refractivity contribution >= 4 is 41.1 Å². The maximum Gasteiger partial charge on any atom is 0.266 e. The first-order valence-corrected chi connectivity index (χ1v) is 12.8. The summed E-state index contributed by atoms with van der Waals surface area (Å²) in [4.78, 5) is 0. The highest BCUT2D eigenvalue weighted by Crippen LogP contribution is 2.26. The van der Waals surface area contributed by atoms with E-state index in [1.54, 1.807) is 0 Å². The second-order valence-corrected chi connectivity index (χ2v) is 23.1. The molecule has 0 aliphatic rings. The molecule has 0 bridgehead atoms. The number of benzene rings is 1. The lowest BCUT2D eigenvalue weighted by atomic mass is 10.4. The van der Waals surface area contributed by atoms with Crippen LogP contribution < -0.4 is 5.19 Å². The molecule has 0 saturated heterocycles. The third kappa shape index (κ3) is 2.37. The van der Waals surface area contributed by atoms with E-state index < -0.39 is 13.8 Å². The minimum Gasteiger partial charge on any atom is -0.144 e. The summed E-state index contributed by atoms with van der Waals surface area (Å²) in [6, 6.07) is 10.1. The van der Waals surface area contributed by atoms with Crippen LogP contribution in [-0.4, -0.2) is 13.8 Å². The van der Waals surface area contributed by atoms with Crippen LogP contribution in [-0.2, 0) is 0 Å². The highest BCUT2D eigenvalue weighted by atomic mass is 35.7. The molecule has 0 fully saturated rings. The van der Waals surface area contributed by atoms with Crippen LogP contribution in [0.4, 0.5) is 0 Å². The fourth-order valence-electron chi connectivity index (χ4n) is 1.08. The Bertz CT molecular complexity index is 277. The van der Waals surface area contributed by atoms with E-state index in [1.165, 1.54) is 0 Å². The Balaban J connectivity index is 3.08. The molecule has 13 heavy (non-hydrogen) atoms. The Kier molecular flexibility index (Phi) is 3.28. The summed E-state index contributed by atoms with van der Waals surface area (Å²) in [7, 11) is -1.46. The van der Waals surface area contributed by atoms with Gasteiger partial charge in [-0.3, -0.25) is 0 Å². The summed E-state index contributed by atoms with van der Waals surface area (Å²) in [6.45, 7) is 6.69. The Morgan fingerprint density at radius 1 is 0.923 bits per heavy atom. The molecule has 72 valence electrons. The first-order valence-electron chi connectivity index (χ1n) is 4.29. The molecule has 0 spiro atoms. The zero-order chi connectivity index (χ0) is 10.1. The minimum atomic E-state index is -2.20. The lowest BCUT2D eigenvalue weighted by molar-refractivity contribution is 1.75. The molecule has 1 aromatic carbocycles. The first-order chi connectivity index (χ1) is 5.86. The zero-order valence-corrected chi connectivity index (χ0v) is 11.7. The van der Waals surface area contributed by atoms with Gasteiger partial charge in [0.25, 0.3) is 6.21 Å². The molecule has 0 amide bonds. The molecule has 0 heterocycles. The van der Waals surface area contributed by atoms with E-state index in [4.69, 9.17) is 22.2 Å². The van der Waals surface area contributed by atoms with E-state index >= 15 is 0 Å². The first kappa shape index (κ1) is 11.3. The lowest BCUT2D eigenvalue weighted by Crippen LogP contribution is -2.57. The number of rotatable bonds is 2. The third-order valence-electron chi connectivity index (χ3n) is 2.08. The van der Waals surface area contributed by atoms with E-state index in [0.29, 0.717) is 0 Å².